The molecule has 5 nitrogen and oxygen atoms in total. The van der Waals surface area contributed by atoms with Crippen molar-refractivity contribution in [2.45, 2.75) is 19.0 Å². The summed E-state index contributed by atoms with van der Waals surface area (Å²) in [7, 11) is 1.90. The molecule has 3 rings (SSSR count). The van der Waals surface area contributed by atoms with E-state index in [0.29, 0.717) is 0 Å². The van der Waals surface area contributed by atoms with Crippen LogP contribution in [0.2, 0.25) is 0 Å². The van der Waals surface area contributed by atoms with Gasteiger partial charge in [0, 0.05) is 20.1 Å². The van der Waals surface area contributed by atoms with Crippen LogP contribution in [0.1, 0.15) is 22.9 Å². The largest absolute Gasteiger partial charge is 0.394 e. The minimum absolute atomic E-state index is 0.0693. The van der Waals surface area contributed by atoms with E-state index in [1.54, 1.807) is 10.9 Å². The van der Waals surface area contributed by atoms with Crippen molar-refractivity contribution in [3.05, 3.63) is 47.3 Å². The number of rotatable bonds is 3. The number of aliphatic hydroxyl groups excluding tert-OH is 1. The molecule has 5 heteroatoms. The molecule has 0 amide bonds. The summed E-state index contributed by atoms with van der Waals surface area (Å²) >= 11 is 0. The van der Waals surface area contributed by atoms with Crippen molar-refractivity contribution in [3.63, 3.8) is 0 Å². The molecule has 1 aliphatic rings. The van der Waals surface area contributed by atoms with Crippen LogP contribution in [0, 0.1) is 0 Å². The van der Waals surface area contributed by atoms with Crippen molar-refractivity contribution in [2.75, 3.05) is 13.2 Å². The molecule has 0 spiro atoms. The van der Waals surface area contributed by atoms with Gasteiger partial charge in [0.15, 0.2) is 0 Å². The third-order valence-corrected chi connectivity index (χ3v) is 3.87. The van der Waals surface area contributed by atoms with E-state index in [9.17, 15) is 5.11 Å². The Hall–Kier alpha value is -1.72. The number of hydrogen-bond donors (Lipinski definition) is 1. The van der Waals surface area contributed by atoms with Gasteiger partial charge in [-0.15, -0.1) is 5.10 Å². The average Bonchev–Trinajstić information content (AvgIpc) is 2.84. The molecule has 1 unspecified atom stereocenters. The summed E-state index contributed by atoms with van der Waals surface area (Å²) in [6.45, 7) is 1.86. The van der Waals surface area contributed by atoms with Crippen LogP contribution in [0.5, 0.6) is 0 Å². The molecule has 0 aliphatic carbocycles. The average molecular weight is 258 g/mol. The standard InChI is InChI=1S/C14H18N4O/c1-17-12(8-15-16-17)9-18-7-6-11-4-2-3-5-13(11)14(18)10-19/h2-5,8,14,19H,6-7,9-10H2,1H3. The number of fused-ring (bicyclic) bond motifs is 1. The third kappa shape index (κ3) is 2.27. The van der Waals surface area contributed by atoms with Crippen molar-refractivity contribution >= 4 is 0 Å². The molecule has 100 valence electrons. The zero-order valence-electron chi connectivity index (χ0n) is 11.0. The van der Waals surface area contributed by atoms with Gasteiger partial charge >= 0.3 is 0 Å². The van der Waals surface area contributed by atoms with Gasteiger partial charge in [0.1, 0.15) is 0 Å². The molecule has 2 heterocycles. The second kappa shape index (κ2) is 5.11. The summed E-state index contributed by atoms with van der Waals surface area (Å²) in [4.78, 5) is 2.29. The number of nitrogens with zero attached hydrogens (tertiary/aromatic N) is 4. The van der Waals surface area contributed by atoms with Crippen molar-refractivity contribution in [3.8, 4) is 0 Å². The van der Waals surface area contributed by atoms with Crippen LogP contribution in [-0.2, 0) is 20.0 Å². The van der Waals surface area contributed by atoms with Crippen molar-refractivity contribution < 1.29 is 5.11 Å². The number of benzene rings is 1. The fourth-order valence-electron chi connectivity index (χ4n) is 2.77. The number of aliphatic hydroxyl groups is 1. The maximum Gasteiger partial charge on any atom is 0.0738 e. The Morgan fingerprint density at radius 2 is 2.21 bits per heavy atom. The van der Waals surface area contributed by atoms with E-state index >= 15 is 0 Å². The Bertz CT molecular complexity index is 566. The highest BCUT2D eigenvalue weighted by molar-refractivity contribution is 5.32. The minimum atomic E-state index is 0.0693. The lowest BCUT2D eigenvalue weighted by molar-refractivity contribution is 0.106. The molecule has 0 saturated heterocycles. The normalized spacial score (nSPS) is 19.4. The first-order valence-electron chi connectivity index (χ1n) is 6.56. The molecule has 1 aliphatic heterocycles. The Morgan fingerprint density at radius 1 is 1.37 bits per heavy atom. The summed E-state index contributed by atoms with van der Waals surface area (Å²) in [5, 5.41) is 17.6. The van der Waals surface area contributed by atoms with Crippen molar-refractivity contribution in [1.29, 1.82) is 0 Å². The molecule has 0 radical (unpaired) electrons. The fourth-order valence-corrected chi connectivity index (χ4v) is 2.77. The van der Waals surface area contributed by atoms with E-state index in [0.717, 1.165) is 25.2 Å². The quantitative estimate of drug-likeness (QED) is 0.889. The summed E-state index contributed by atoms with van der Waals surface area (Å²) in [6, 6.07) is 8.44. The maximum absolute atomic E-state index is 9.73. The van der Waals surface area contributed by atoms with Gasteiger partial charge in [0.2, 0.25) is 0 Å². The van der Waals surface area contributed by atoms with Crippen LogP contribution in [0.3, 0.4) is 0 Å². The highest BCUT2D eigenvalue weighted by Crippen LogP contribution is 2.30. The van der Waals surface area contributed by atoms with E-state index in [4.69, 9.17) is 0 Å². The van der Waals surface area contributed by atoms with Gasteiger partial charge in [0.05, 0.1) is 24.5 Å². The third-order valence-electron chi connectivity index (χ3n) is 3.87. The van der Waals surface area contributed by atoms with E-state index in [2.05, 4.69) is 33.4 Å². The minimum Gasteiger partial charge on any atom is -0.394 e. The maximum atomic E-state index is 9.73. The number of hydrogen-bond acceptors (Lipinski definition) is 4. The first-order chi connectivity index (χ1) is 9.29. The lowest BCUT2D eigenvalue weighted by atomic mass is 9.93. The van der Waals surface area contributed by atoms with E-state index in [1.165, 1.54) is 11.1 Å². The van der Waals surface area contributed by atoms with Crippen LogP contribution >= 0.6 is 0 Å². The van der Waals surface area contributed by atoms with Gasteiger partial charge in [-0.3, -0.25) is 9.58 Å². The van der Waals surface area contributed by atoms with Gasteiger partial charge in [-0.1, -0.05) is 29.5 Å². The Kier molecular flexibility index (Phi) is 3.31. The molecule has 0 saturated carbocycles. The van der Waals surface area contributed by atoms with Gasteiger partial charge in [-0.05, 0) is 17.5 Å². The number of aromatic nitrogens is 3. The smallest absolute Gasteiger partial charge is 0.0738 e. The van der Waals surface area contributed by atoms with Crippen LogP contribution in [0.25, 0.3) is 0 Å². The topological polar surface area (TPSA) is 54.2 Å². The van der Waals surface area contributed by atoms with Gasteiger partial charge < -0.3 is 5.11 Å². The Labute approximate surface area is 112 Å². The Morgan fingerprint density at radius 3 is 2.95 bits per heavy atom. The predicted molar refractivity (Wildman–Crippen MR) is 71.4 cm³/mol. The summed E-state index contributed by atoms with van der Waals surface area (Å²) in [5.41, 5.74) is 3.66. The van der Waals surface area contributed by atoms with Crippen LogP contribution in [-0.4, -0.2) is 38.2 Å². The van der Waals surface area contributed by atoms with Gasteiger partial charge in [-0.2, -0.15) is 0 Å². The zero-order valence-corrected chi connectivity index (χ0v) is 11.0. The van der Waals surface area contributed by atoms with Crippen LogP contribution < -0.4 is 0 Å². The van der Waals surface area contributed by atoms with Gasteiger partial charge in [0.25, 0.3) is 0 Å². The first-order valence-corrected chi connectivity index (χ1v) is 6.56. The van der Waals surface area contributed by atoms with Crippen molar-refractivity contribution in [2.24, 2.45) is 7.05 Å². The molecule has 19 heavy (non-hydrogen) atoms. The number of aryl methyl sites for hydroxylation is 1. The molecule has 0 fully saturated rings. The molecule has 2 aromatic rings. The summed E-state index contributed by atoms with van der Waals surface area (Å²) in [6.07, 6.45) is 2.81. The van der Waals surface area contributed by atoms with E-state index in [1.807, 2.05) is 13.1 Å². The predicted octanol–water partition coefficient (Wildman–Crippen LogP) is 0.907. The molecule has 1 N–H and O–H groups in total. The molecule has 1 aromatic heterocycles. The SMILES string of the molecule is Cn1nncc1CN1CCc2ccccc2C1CO. The van der Waals surface area contributed by atoms with Crippen molar-refractivity contribution in [1.82, 2.24) is 19.9 Å². The van der Waals surface area contributed by atoms with Crippen LogP contribution in [0.4, 0.5) is 0 Å². The zero-order chi connectivity index (χ0) is 13.2. The van der Waals surface area contributed by atoms with Gasteiger partial charge in [-0.25, -0.2) is 0 Å². The highest BCUT2D eigenvalue weighted by atomic mass is 16.3. The van der Waals surface area contributed by atoms with E-state index in [-0.39, 0.29) is 12.6 Å². The lowest BCUT2D eigenvalue weighted by Crippen LogP contribution is -2.37. The molecular weight excluding hydrogens is 240 g/mol. The second-order valence-electron chi connectivity index (χ2n) is 4.97. The highest BCUT2D eigenvalue weighted by Gasteiger charge is 2.27. The monoisotopic (exact) mass is 258 g/mol. The molecular formula is C14H18N4O. The second-order valence-corrected chi connectivity index (χ2v) is 4.97. The molecule has 1 aromatic carbocycles. The molecule has 1 atom stereocenters. The fraction of sp³-hybridized carbons (Fsp3) is 0.429. The van der Waals surface area contributed by atoms with E-state index < -0.39 is 0 Å². The first kappa shape index (κ1) is 12.3. The lowest BCUT2D eigenvalue weighted by Gasteiger charge is -2.36. The summed E-state index contributed by atoms with van der Waals surface area (Å²) < 4.78 is 1.79. The summed E-state index contributed by atoms with van der Waals surface area (Å²) in [5.74, 6) is 0. The Balaban J connectivity index is 1.86. The van der Waals surface area contributed by atoms with Crippen LogP contribution in [0.15, 0.2) is 30.5 Å². The molecule has 0 bridgehead atoms.